The van der Waals surface area contributed by atoms with E-state index in [1.165, 1.54) is 27.4 Å². The number of carbonyl (C=O) groups is 1. The monoisotopic (exact) mass is 423 g/mol. The normalized spacial score (nSPS) is 10.5. The predicted octanol–water partition coefficient (Wildman–Crippen LogP) is 3.19. The zero-order valence-corrected chi connectivity index (χ0v) is 18.2. The zero-order chi connectivity index (χ0) is 22.5. The second kappa shape index (κ2) is 9.34. The minimum atomic E-state index is -0.382. The third kappa shape index (κ3) is 4.85. The molecule has 0 fully saturated rings. The number of rotatable bonds is 7. The fraction of sp³-hybridized carbons (Fsp3) is 0.261. The van der Waals surface area contributed by atoms with E-state index in [9.17, 15) is 9.59 Å². The maximum Gasteiger partial charge on any atom is 0.267 e. The molecule has 31 heavy (non-hydrogen) atoms. The lowest BCUT2D eigenvalue weighted by molar-refractivity contribution is -0.117. The molecule has 0 spiro atoms. The van der Waals surface area contributed by atoms with Crippen LogP contribution in [0.5, 0.6) is 17.2 Å². The van der Waals surface area contributed by atoms with Gasteiger partial charge in [0.15, 0.2) is 11.5 Å². The molecule has 0 bridgehead atoms. The summed E-state index contributed by atoms with van der Waals surface area (Å²) in [6.07, 6.45) is 0. The van der Waals surface area contributed by atoms with Crippen LogP contribution < -0.4 is 25.1 Å². The molecule has 0 atom stereocenters. The van der Waals surface area contributed by atoms with Crippen molar-refractivity contribution in [2.24, 2.45) is 0 Å². The number of hydrogen-bond donors (Lipinski definition) is 1. The van der Waals surface area contributed by atoms with Crippen molar-refractivity contribution in [1.29, 1.82) is 0 Å². The van der Waals surface area contributed by atoms with Crippen LogP contribution in [-0.4, -0.2) is 37.0 Å². The van der Waals surface area contributed by atoms with Gasteiger partial charge in [-0.3, -0.25) is 9.59 Å². The Morgan fingerprint density at radius 3 is 2.23 bits per heavy atom. The second-order valence-corrected chi connectivity index (χ2v) is 7.00. The van der Waals surface area contributed by atoms with Gasteiger partial charge in [-0.05, 0) is 43.7 Å². The van der Waals surface area contributed by atoms with E-state index < -0.39 is 0 Å². The summed E-state index contributed by atoms with van der Waals surface area (Å²) in [7, 11) is 4.56. The number of nitrogens with one attached hydrogen (secondary N) is 1. The standard InChI is InChI=1S/C23H25N3O5/c1-14-6-7-17(15(2)10-14)24-21(27)13-26-22(28)9-8-18(25-26)16-11-19(29-3)23(31-5)20(12-16)30-4/h6-12H,13H2,1-5H3,(H,24,27). The van der Waals surface area contributed by atoms with E-state index in [1.807, 2.05) is 32.0 Å². The average molecular weight is 423 g/mol. The highest BCUT2D eigenvalue weighted by Gasteiger charge is 2.16. The lowest BCUT2D eigenvalue weighted by atomic mass is 10.1. The van der Waals surface area contributed by atoms with E-state index in [4.69, 9.17) is 14.2 Å². The first kappa shape index (κ1) is 21.9. The maximum absolute atomic E-state index is 12.5. The van der Waals surface area contributed by atoms with Crippen LogP contribution in [0.15, 0.2) is 47.3 Å². The van der Waals surface area contributed by atoms with Gasteiger partial charge < -0.3 is 19.5 Å². The molecule has 0 aliphatic carbocycles. The summed E-state index contributed by atoms with van der Waals surface area (Å²) in [6.45, 7) is 3.68. The Bertz CT molecular complexity index is 1150. The highest BCUT2D eigenvalue weighted by molar-refractivity contribution is 5.91. The molecule has 1 N–H and O–H groups in total. The van der Waals surface area contributed by atoms with Crippen molar-refractivity contribution >= 4 is 11.6 Å². The van der Waals surface area contributed by atoms with Crippen LogP contribution in [0.25, 0.3) is 11.3 Å². The molecule has 0 radical (unpaired) electrons. The highest BCUT2D eigenvalue weighted by Crippen LogP contribution is 2.40. The highest BCUT2D eigenvalue weighted by atomic mass is 16.5. The van der Waals surface area contributed by atoms with Crippen molar-refractivity contribution in [2.75, 3.05) is 26.6 Å². The van der Waals surface area contributed by atoms with Gasteiger partial charge in [0.2, 0.25) is 11.7 Å². The molecule has 0 aliphatic heterocycles. The Labute approximate surface area is 180 Å². The molecule has 3 rings (SSSR count). The second-order valence-electron chi connectivity index (χ2n) is 7.00. The summed E-state index contributed by atoms with van der Waals surface area (Å²) in [5, 5.41) is 7.19. The van der Waals surface area contributed by atoms with Crippen LogP contribution >= 0.6 is 0 Å². The number of carbonyl (C=O) groups excluding carboxylic acids is 1. The SMILES string of the molecule is COc1cc(-c2ccc(=O)n(CC(=O)Nc3ccc(C)cc3C)n2)cc(OC)c1OC. The van der Waals surface area contributed by atoms with Crippen LogP contribution in [0, 0.1) is 13.8 Å². The number of methoxy groups -OCH3 is 3. The summed E-state index contributed by atoms with van der Waals surface area (Å²) in [6, 6.07) is 12.1. The Balaban J connectivity index is 1.90. The summed E-state index contributed by atoms with van der Waals surface area (Å²) in [5.41, 5.74) is 3.50. The quantitative estimate of drug-likeness (QED) is 0.628. The van der Waals surface area contributed by atoms with Crippen LogP contribution in [0.3, 0.4) is 0 Å². The molecule has 1 heterocycles. The average Bonchev–Trinajstić information content (AvgIpc) is 2.76. The molecular formula is C23H25N3O5. The van der Waals surface area contributed by atoms with Gasteiger partial charge >= 0.3 is 0 Å². The van der Waals surface area contributed by atoms with Crippen molar-refractivity contribution in [1.82, 2.24) is 9.78 Å². The predicted molar refractivity (Wildman–Crippen MR) is 118 cm³/mol. The molecule has 0 aliphatic rings. The van der Waals surface area contributed by atoms with Gasteiger partial charge in [0.1, 0.15) is 6.54 Å². The fourth-order valence-corrected chi connectivity index (χ4v) is 3.22. The molecule has 162 valence electrons. The van der Waals surface area contributed by atoms with E-state index in [2.05, 4.69) is 10.4 Å². The van der Waals surface area contributed by atoms with Crippen molar-refractivity contribution in [3.63, 3.8) is 0 Å². The van der Waals surface area contributed by atoms with Gasteiger partial charge in [-0.15, -0.1) is 0 Å². The van der Waals surface area contributed by atoms with Gasteiger partial charge in [-0.2, -0.15) is 5.10 Å². The van der Waals surface area contributed by atoms with Crippen molar-refractivity contribution in [3.05, 3.63) is 63.9 Å². The summed E-state index contributed by atoms with van der Waals surface area (Å²) >= 11 is 0. The molecule has 2 aromatic carbocycles. The first-order valence-corrected chi connectivity index (χ1v) is 9.62. The Kier molecular flexibility index (Phi) is 6.59. The molecule has 8 heteroatoms. The molecule has 8 nitrogen and oxygen atoms in total. The Morgan fingerprint density at radius 1 is 0.968 bits per heavy atom. The van der Waals surface area contributed by atoms with E-state index in [-0.39, 0.29) is 18.0 Å². The van der Waals surface area contributed by atoms with E-state index in [0.717, 1.165) is 15.8 Å². The summed E-state index contributed by atoms with van der Waals surface area (Å²) in [5.74, 6) is 1.03. The van der Waals surface area contributed by atoms with Gasteiger partial charge in [0.25, 0.3) is 5.56 Å². The van der Waals surface area contributed by atoms with E-state index in [1.54, 1.807) is 18.2 Å². The number of nitrogens with zero attached hydrogens (tertiary/aromatic N) is 2. The van der Waals surface area contributed by atoms with Crippen LogP contribution in [0.1, 0.15) is 11.1 Å². The fourth-order valence-electron chi connectivity index (χ4n) is 3.22. The third-order valence-electron chi connectivity index (χ3n) is 4.78. The van der Waals surface area contributed by atoms with Crippen LogP contribution in [-0.2, 0) is 11.3 Å². The van der Waals surface area contributed by atoms with Gasteiger partial charge in [0.05, 0.1) is 27.0 Å². The number of hydrogen-bond acceptors (Lipinski definition) is 6. The largest absolute Gasteiger partial charge is 0.493 e. The number of aryl methyl sites for hydroxylation is 2. The zero-order valence-electron chi connectivity index (χ0n) is 18.2. The van der Waals surface area contributed by atoms with Gasteiger partial charge in [0, 0.05) is 17.3 Å². The molecule has 0 saturated heterocycles. The number of amides is 1. The smallest absolute Gasteiger partial charge is 0.267 e. The molecule has 1 amide bonds. The minimum Gasteiger partial charge on any atom is -0.493 e. The van der Waals surface area contributed by atoms with Gasteiger partial charge in [-0.1, -0.05) is 17.7 Å². The number of aromatic nitrogens is 2. The molecule has 0 unspecified atom stereocenters. The number of benzene rings is 2. The third-order valence-corrected chi connectivity index (χ3v) is 4.78. The van der Waals surface area contributed by atoms with Gasteiger partial charge in [-0.25, -0.2) is 4.68 Å². The Hall–Kier alpha value is -3.81. The number of anilines is 1. The molecule has 1 aromatic heterocycles. The molecule has 0 saturated carbocycles. The minimum absolute atomic E-state index is 0.218. The van der Waals surface area contributed by atoms with Crippen LogP contribution in [0.2, 0.25) is 0 Å². The first-order valence-electron chi connectivity index (χ1n) is 9.62. The summed E-state index contributed by atoms with van der Waals surface area (Å²) < 4.78 is 17.2. The van der Waals surface area contributed by atoms with E-state index in [0.29, 0.717) is 34.2 Å². The Morgan fingerprint density at radius 2 is 1.65 bits per heavy atom. The van der Waals surface area contributed by atoms with Crippen LogP contribution in [0.4, 0.5) is 5.69 Å². The lowest BCUT2D eigenvalue weighted by Crippen LogP contribution is -2.29. The van der Waals surface area contributed by atoms with E-state index >= 15 is 0 Å². The van der Waals surface area contributed by atoms with Crippen molar-refractivity contribution in [2.45, 2.75) is 20.4 Å². The summed E-state index contributed by atoms with van der Waals surface area (Å²) in [4.78, 5) is 24.8. The lowest BCUT2D eigenvalue weighted by Gasteiger charge is -2.14. The topological polar surface area (TPSA) is 91.7 Å². The number of ether oxygens (including phenoxy) is 3. The van der Waals surface area contributed by atoms with Crippen molar-refractivity contribution in [3.8, 4) is 28.5 Å². The maximum atomic E-state index is 12.5. The van der Waals surface area contributed by atoms with Crippen molar-refractivity contribution < 1.29 is 19.0 Å². The molecular weight excluding hydrogens is 398 g/mol. The first-order chi connectivity index (χ1) is 14.9. The molecule has 3 aromatic rings.